The molecule has 1 amide bonds. The molecule has 0 radical (unpaired) electrons. The number of rotatable bonds is 4. The molecule has 0 saturated heterocycles. The number of halogens is 3. The maximum atomic E-state index is 12.6. The quantitative estimate of drug-likeness (QED) is 0.825. The van der Waals surface area contributed by atoms with Crippen LogP contribution in [0.25, 0.3) is 0 Å². The standard InChI is InChI=1S/C17H14F3NO4/c1-10-5-6-14(22)13(7-10)16(24)25-9-15(23)21-12-4-2-3-11(8-12)17(18,19)20/h2-8,22H,9H2,1H3,(H,21,23). The van der Waals surface area contributed by atoms with Crippen molar-refractivity contribution in [2.75, 3.05) is 11.9 Å². The van der Waals surface area contributed by atoms with Crippen molar-refractivity contribution in [2.45, 2.75) is 13.1 Å². The van der Waals surface area contributed by atoms with Crippen LogP contribution in [0.15, 0.2) is 42.5 Å². The van der Waals surface area contributed by atoms with Crippen LogP contribution < -0.4 is 5.32 Å². The van der Waals surface area contributed by atoms with Gasteiger partial charge in [0.05, 0.1) is 5.56 Å². The number of hydrogen-bond acceptors (Lipinski definition) is 4. The van der Waals surface area contributed by atoms with Crippen molar-refractivity contribution in [3.8, 4) is 5.75 Å². The molecule has 0 aliphatic rings. The first-order chi connectivity index (χ1) is 11.7. The van der Waals surface area contributed by atoms with E-state index < -0.39 is 30.2 Å². The molecule has 2 aromatic rings. The maximum absolute atomic E-state index is 12.6. The predicted octanol–water partition coefficient (Wildman–Crippen LogP) is 3.51. The fraction of sp³-hybridized carbons (Fsp3) is 0.176. The number of phenols is 1. The number of amides is 1. The van der Waals surface area contributed by atoms with E-state index >= 15 is 0 Å². The van der Waals surface area contributed by atoms with Crippen molar-refractivity contribution in [2.24, 2.45) is 0 Å². The van der Waals surface area contributed by atoms with E-state index in [2.05, 4.69) is 5.32 Å². The fourth-order valence-corrected chi connectivity index (χ4v) is 1.99. The number of carbonyl (C=O) groups is 2. The van der Waals surface area contributed by atoms with Gasteiger partial charge in [0.25, 0.3) is 5.91 Å². The molecule has 132 valence electrons. The van der Waals surface area contributed by atoms with Gasteiger partial charge in [-0.15, -0.1) is 0 Å². The van der Waals surface area contributed by atoms with Crippen LogP contribution in [0.5, 0.6) is 5.75 Å². The second-order valence-electron chi connectivity index (χ2n) is 5.22. The molecule has 5 nitrogen and oxygen atoms in total. The summed E-state index contributed by atoms with van der Waals surface area (Å²) in [6, 6.07) is 8.36. The van der Waals surface area contributed by atoms with Gasteiger partial charge < -0.3 is 15.2 Å². The lowest BCUT2D eigenvalue weighted by molar-refractivity contribution is -0.137. The summed E-state index contributed by atoms with van der Waals surface area (Å²) in [5.74, 6) is -2.02. The zero-order chi connectivity index (χ0) is 18.6. The van der Waals surface area contributed by atoms with Gasteiger partial charge in [-0.3, -0.25) is 4.79 Å². The van der Waals surface area contributed by atoms with Crippen LogP contribution in [-0.4, -0.2) is 23.6 Å². The Morgan fingerprint density at radius 1 is 1.16 bits per heavy atom. The predicted molar refractivity (Wildman–Crippen MR) is 83.2 cm³/mol. The first-order valence-electron chi connectivity index (χ1n) is 7.10. The van der Waals surface area contributed by atoms with E-state index in [0.29, 0.717) is 5.56 Å². The molecule has 25 heavy (non-hydrogen) atoms. The monoisotopic (exact) mass is 353 g/mol. The number of aromatic hydroxyl groups is 1. The highest BCUT2D eigenvalue weighted by molar-refractivity contribution is 5.96. The van der Waals surface area contributed by atoms with Crippen LogP contribution >= 0.6 is 0 Å². The normalized spacial score (nSPS) is 11.0. The molecule has 8 heteroatoms. The molecule has 2 N–H and O–H groups in total. The molecule has 0 spiro atoms. The fourth-order valence-electron chi connectivity index (χ4n) is 1.99. The van der Waals surface area contributed by atoms with Gasteiger partial charge in [0.1, 0.15) is 11.3 Å². The van der Waals surface area contributed by atoms with E-state index in [1.807, 2.05) is 0 Å². The summed E-state index contributed by atoms with van der Waals surface area (Å²) in [6.45, 7) is 0.999. The van der Waals surface area contributed by atoms with Crippen LogP contribution in [0, 0.1) is 6.92 Å². The second-order valence-corrected chi connectivity index (χ2v) is 5.22. The van der Waals surface area contributed by atoms with E-state index in [0.717, 1.165) is 18.2 Å². The Bertz CT molecular complexity index is 803. The lowest BCUT2D eigenvalue weighted by Crippen LogP contribution is -2.21. The number of nitrogens with one attached hydrogen (secondary N) is 1. The first-order valence-corrected chi connectivity index (χ1v) is 7.10. The molecular formula is C17H14F3NO4. The molecule has 0 fully saturated rings. The highest BCUT2D eigenvalue weighted by Gasteiger charge is 2.30. The molecule has 0 heterocycles. The summed E-state index contributed by atoms with van der Waals surface area (Å²) in [7, 11) is 0. The van der Waals surface area contributed by atoms with Crippen LogP contribution in [0.3, 0.4) is 0 Å². The van der Waals surface area contributed by atoms with Gasteiger partial charge >= 0.3 is 12.1 Å². The zero-order valence-electron chi connectivity index (χ0n) is 13.1. The van der Waals surface area contributed by atoms with Crippen LogP contribution in [0.2, 0.25) is 0 Å². The minimum absolute atomic E-state index is 0.0747. The van der Waals surface area contributed by atoms with Crippen molar-refractivity contribution >= 4 is 17.6 Å². The van der Waals surface area contributed by atoms with E-state index in [1.54, 1.807) is 13.0 Å². The van der Waals surface area contributed by atoms with Gasteiger partial charge in [-0.2, -0.15) is 13.2 Å². The number of hydrogen-bond donors (Lipinski definition) is 2. The minimum Gasteiger partial charge on any atom is -0.507 e. The highest BCUT2D eigenvalue weighted by atomic mass is 19.4. The summed E-state index contributed by atoms with van der Waals surface area (Å²) in [5.41, 5.74) is -0.383. The Morgan fingerprint density at radius 3 is 2.56 bits per heavy atom. The van der Waals surface area contributed by atoms with Crippen molar-refractivity contribution in [3.05, 3.63) is 59.2 Å². The molecule has 2 rings (SSSR count). The number of ether oxygens (including phenoxy) is 1. The molecule has 0 atom stereocenters. The molecule has 0 unspecified atom stereocenters. The van der Waals surface area contributed by atoms with Gasteiger partial charge in [0.2, 0.25) is 0 Å². The van der Waals surface area contributed by atoms with E-state index in [9.17, 15) is 27.9 Å². The Morgan fingerprint density at radius 2 is 1.88 bits per heavy atom. The molecule has 0 aromatic heterocycles. The van der Waals surface area contributed by atoms with E-state index in [4.69, 9.17) is 4.74 Å². The average Bonchev–Trinajstić information content (AvgIpc) is 2.54. The Kier molecular flexibility index (Phi) is 5.31. The van der Waals surface area contributed by atoms with Gasteiger partial charge in [-0.1, -0.05) is 17.7 Å². The third-order valence-electron chi connectivity index (χ3n) is 3.18. The first kappa shape index (κ1) is 18.3. The summed E-state index contributed by atoms with van der Waals surface area (Å²) >= 11 is 0. The van der Waals surface area contributed by atoms with Crippen molar-refractivity contribution < 1.29 is 32.6 Å². The SMILES string of the molecule is Cc1ccc(O)c(C(=O)OCC(=O)Nc2cccc(C(F)(F)F)c2)c1. The summed E-state index contributed by atoms with van der Waals surface area (Å²) in [6.07, 6.45) is -4.53. The molecule has 0 saturated carbocycles. The van der Waals surface area contributed by atoms with Gasteiger partial charge in [0, 0.05) is 5.69 Å². The molecule has 0 bridgehead atoms. The summed E-state index contributed by atoms with van der Waals surface area (Å²) in [5, 5.41) is 11.8. The summed E-state index contributed by atoms with van der Waals surface area (Å²) < 4.78 is 42.6. The number of aryl methyl sites for hydroxylation is 1. The topological polar surface area (TPSA) is 75.6 Å². The highest BCUT2D eigenvalue weighted by Crippen LogP contribution is 2.30. The van der Waals surface area contributed by atoms with Crippen LogP contribution in [0.4, 0.5) is 18.9 Å². The summed E-state index contributed by atoms with van der Waals surface area (Å²) in [4.78, 5) is 23.6. The van der Waals surface area contributed by atoms with Crippen LogP contribution in [0.1, 0.15) is 21.5 Å². The Balaban J connectivity index is 1.97. The van der Waals surface area contributed by atoms with Crippen LogP contribution in [-0.2, 0) is 15.7 Å². The number of anilines is 1. The van der Waals surface area contributed by atoms with Gasteiger partial charge in [-0.05, 0) is 37.3 Å². The van der Waals surface area contributed by atoms with E-state index in [1.165, 1.54) is 18.2 Å². The lowest BCUT2D eigenvalue weighted by Gasteiger charge is -2.10. The average molecular weight is 353 g/mol. The van der Waals surface area contributed by atoms with E-state index in [-0.39, 0.29) is 17.0 Å². The molecule has 2 aromatic carbocycles. The van der Waals surface area contributed by atoms with Crippen molar-refractivity contribution in [1.82, 2.24) is 0 Å². The smallest absolute Gasteiger partial charge is 0.416 e. The minimum atomic E-state index is -4.53. The van der Waals surface area contributed by atoms with Crippen molar-refractivity contribution in [1.29, 1.82) is 0 Å². The molecular weight excluding hydrogens is 339 g/mol. The molecule has 0 aliphatic heterocycles. The van der Waals surface area contributed by atoms with Gasteiger partial charge in [-0.25, -0.2) is 4.79 Å². The third kappa shape index (κ3) is 4.97. The largest absolute Gasteiger partial charge is 0.507 e. The van der Waals surface area contributed by atoms with Crippen molar-refractivity contribution in [3.63, 3.8) is 0 Å². The Hall–Kier alpha value is -3.03. The number of alkyl halides is 3. The maximum Gasteiger partial charge on any atom is 0.416 e. The number of esters is 1. The van der Waals surface area contributed by atoms with Gasteiger partial charge in [0.15, 0.2) is 6.61 Å². The number of carbonyl (C=O) groups excluding carboxylic acids is 2. The second kappa shape index (κ2) is 7.25. The Labute approximate surface area is 141 Å². The lowest BCUT2D eigenvalue weighted by atomic mass is 10.1. The third-order valence-corrected chi connectivity index (χ3v) is 3.18. The molecule has 0 aliphatic carbocycles. The number of benzene rings is 2. The number of phenolic OH excluding ortho intramolecular Hbond substituents is 1. The zero-order valence-corrected chi connectivity index (χ0v) is 13.1.